The van der Waals surface area contributed by atoms with Crippen LogP contribution in [-0.4, -0.2) is 31.6 Å². The normalized spacial score (nSPS) is 11.9. The second kappa shape index (κ2) is 7.61. The van der Waals surface area contributed by atoms with Crippen molar-refractivity contribution in [2.45, 2.75) is 26.8 Å². The van der Waals surface area contributed by atoms with Gasteiger partial charge in [0.05, 0.1) is 12.7 Å². The molecular weight excluding hydrogens is 277 g/mol. The maximum atomic E-state index is 13.5. The van der Waals surface area contributed by atoms with Crippen molar-refractivity contribution in [3.63, 3.8) is 0 Å². The second-order valence-electron chi connectivity index (χ2n) is 5.03. The zero-order valence-electron chi connectivity index (χ0n) is 12.6. The summed E-state index contributed by atoms with van der Waals surface area (Å²) in [5.74, 6) is -1.50. The van der Waals surface area contributed by atoms with Gasteiger partial charge in [-0.2, -0.15) is 0 Å². The molecule has 0 spiro atoms. The third kappa shape index (κ3) is 5.06. The van der Waals surface area contributed by atoms with Crippen molar-refractivity contribution in [3.8, 4) is 5.75 Å². The lowest BCUT2D eigenvalue weighted by molar-refractivity contribution is -0.125. The molecule has 1 aromatic carbocycles. The molecule has 0 saturated carbocycles. The Morgan fingerprint density at radius 3 is 2.48 bits per heavy atom. The molecule has 0 aliphatic heterocycles. The molecule has 1 N–H and O–H groups in total. The minimum absolute atomic E-state index is 0.0189. The van der Waals surface area contributed by atoms with Crippen LogP contribution >= 0.6 is 0 Å². The molecule has 1 amide bonds. The number of nitrogens with one attached hydrogen (secondary N) is 1. The van der Waals surface area contributed by atoms with Crippen LogP contribution in [0.15, 0.2) is 18.2 Å². The Labute approximate surface area is 123 Å². The lowest BCUT2D eigenvalue weighted by Gasteiger charge is -2.17. The predicted octanol–water partition coefficient (Wildman–Crippen LogP) is 2.15. The standard InChI is InChI=1S/C15H20FNO4/c1-9(2)10(3)17-14(18)8-21-15(19)11-5-6-13(20-4)12(16)7-11/h5-7,9-10H,8H2,1-4H3,(H,17,18)/t10-/m1/s1. The van der Waals surface area contributed by atoms with E-state index < -0.39 is 24.3 Å². The summed E-state index contributed by atoms with van der Waals surface area (Å²) in [4.78, 5) is 23.3. The van der Waals surface area contributed by atoms with E-state index in [4.69, 9.17) is 9.47 Å². The molecule has 0 heterocycles. The fourth-order valence-corrected chi connectivity index (χ4v) is 1.47. The van der Waals surface area contributed by atoms with E-state index in [0.29, 0.717) is 0 Å². The molecule has 1 rings (SSSR count). The van der Waals surface area contributed by atoms with Crippen LogP contribution in [0.5, 0.6) is 5.75 Å². The number of methoxy groups -OCH3 is 1. The smallest absolute Gasteiger partial charge is 0.338 e. The molecule has 0 saturated heterocycles. The molecule has 0 aliphatic rings. The monoisotopic (exact) mass is 297 g/mol. The van der Waals surface area contributed by atoms with E-state index in [9.17, 15) is 14.0 Å². The molecule has 0 aliphatic carbocycles. The van der Waals surface area contributed by atoms with E-state index in [2.05, 4.69) is 5.32 Å². The first kappa shape index (κ1) is 16.9. The summed E-state index contributed by atoms with van der Waals surface area (Å²) < 4.78 is 23.1. The van der Waals surface area contributed by atoms with Gasteiger partial charge in [-0.15, -0.1) is 0 Å². The van der Waals surface area contributed by atoms with Gasteiger partial charge in [0.2, 0.25) is 0 Å². The molecule has 0 unspecified atom stereocenters. The summed E-state index contributed by atoms with van der Waals surface area (Å²) in [5.41, 5.74) is 0.0259. The quantitative estimate of drug-likeness (QED) is 0.817. The predicted molar refractivity (Wildman–Crippen MR) is 75.7 cm³/mol. The maximum absolute atomic E-state index is 13.5. The van der Waals surface area contributed by atoms with Gasteiger partial charge in [0.25, 0.3) is 5.91 Å². The topological polar surface area (TPSA) is 64.6 Å². The third-order valence-corrected chi connectivity index (χ3v) is 3.11. The molecule has 21 heavy (non-hydrogen) atoms. The third-order valence-electron chi connectivity index (χ3n) is 3.11. The first-order valence-electron chi connectivity index (χ1n) is 6.65. The number of ether oxygens (including phenoxy) is 2. The molecule has 0 radical (unpaired) electrons. The van der Waals surface area contributed by atoms with E-state index >= 15 is 0 Å². The molecule has 0 bridgehead atoms. The highest BCUT2D eigenvalue weighted by molar-refractivity contribution is 5.91. The van der Waals surface area contributed by atoms with Gasteiger partial charge in [-0.3, -0.25) is 4.79 Å². The van der Waals surface area contributed by atoms with Crippen LogP contribution in [0.2, 0.25) is 0 Å². The number of carbonyl (C=O) groups is 2. The largest absolute Gasteiger partial charge is 0.494 e. The van der Waals surface area contributed by atoms with Gasteiger partial charge >= 0.3 is 5.97 Å². The number of carbonyl (C=O) groups excluding carboxylic acids is 2. The fourth-order valence-electron chi connectivity index (χ4n) is 1.47. The van der Waals surface area contributed by atoms with E-state index in [0.717, 1.165) is 6.07 Å². The number of amides is 1. The Hall–Kier alpha value is -2.11. The molecule has 0 aromatic heterocycles. The van der Waals surface area contributed by atoms with Crippen molar-refractivity contribution in [3.05, 3.63) is 29.6 Å². The number of rotatable bonds is 6. The highest BCUT2D eigenvalue weighted by Gasteiger charge is 2.15. The molecule has 1 atom stereocenters. The lowest BCUT2D eigenvalue weighted by atomic mass is 10.1. The molecule has 1 aromatic rings. The van der Waals surface area contributed by atoms with Crippen molar-refractivity contribution < 1.29 is 23.5 Å². The summed E-state index contributed by atoms with van der Waals surface area (Å²) >= 11 is 0. The van der Waals surface area contributed by atoms with Crippen LogP contribution in [-0.2, 0) is 9.53 Å². The Kier molecular flexibility index (Phi) is 6.14. The van der Waals surface area contributed by atoms with E-state index in [1.54, 1.807) is 0 Å². The van der Waals surface area contributed by atoms with Gasteiger partial charge in [-0.05, 0) is 31.0 Å². The van der Waals surface area contributed by atoms with Crippen LogP contribution in [0, 0.1) is 11.7 Å². The number of hydrogen-bond acceptors (Lipinski definition) is 4. The highest BCUT2D eigenvalue weighted by Crippen LogP contribution is 2.18. The maximum Gasteiger partial charge on any atom is 0.338 e. The molecular formula is C15H20FNO4. The van der Waals surface area contributed by atoms with Crippen molar-refractivity contribution in [1.82, 2.24) is 5.32 Å². The van der Waals surface area contributed by atoms with Gasteiger partial charge in [0, 0.05) is 6.04 Å². The van der Waals surface area contributed by atoms with E-state index in [-0.39, 0.29) is 23.3 Å². The van der Waals surface area contributed by atoms with Crippen molar-refractivity contribution in [1.29, 1.82) is 0 Å². The summed E-state index contributed by atoms with van der Waals surface area (Å²) in [6, 6.07) is 3.69. The number of hydrogen-bond donors (Lipinski definition) is 1. The first-order chi connectivity index (χ1) is 9.85. The fraction of sp³-hybridized carbons (Fsp3) is 0.467. The zero-order chi connectivity index (χ0) is 16.0. The SMILES string of the molecule is COc1ccc(C(=O)OCC(=O)N[C@H](C)C(C)C)cc1F. The summed E-state index contributed by atoms with van der Waals surface area (Å²) in [5, 5.41) is 2.71. The average molecular weight is 297 g/mol. The van der Waals surface area contributed by atoms with Crippen molar-refractivity contribution in [2.24, 2.45) is 5.92 Å². The van der Waals surface area contributed by atoms with E-state index in [1.165, 1.54) is 19.2 Å². The van der Waals surface area contributed by atoms with Gasteiger partial charge in [0.15, 0.2) is 18.2 Å². The van der Waals surface area contributed by atoms with Crippen LogP contribution in [0.3, 0.4) is 0 Å². The molecule has 5 nitrogen and oxygen atoms in total. The van der Waals surface area contributed by atoms with Crippen molar-refractivity contribution in [2.75, 3.05) is 13.7 Å². The summed E-state index contributed by atoms with van der Waals surface area (Å²) in [6.45, 7) is 5.40. The number of esters is 1. The van der Waals surface area contributed by atoms with Crippen LogP contribution < -0.4 is 10.1 Å². The van der Waals surface area contributed by atoms with Gasteiger partial charge in [-0.1, -0.05) is 13.8 Å². The minimum atomic E-state index is -0.760. The molecule has 116 valence electrons. The second-order valence-corrected chi connectivity index (χ2v) is 5.03. The average Bonchev–Trinajstić information content (AvgIpc) is 2.44. The Morgan fingerprint density at radius 1 is 1.29 bits per heavy atom. The minimum Gasteiger partial charge on any atom is -0.494 e. The van der Waals surface area contributed by atoms with E-state index in [1.807, 2.05) is 20.8 Å². The van der Waals surface area contributed by atoms with Crippen molar-refractivity contribution >= 4 is 11.9 Å². The molecule has 0 fully saturated rings. The van der Waals surface area contributed by atoms with Gasteiger partial charge in [-0.25, -0.2) is 9.18 Å². The summed E-state index contributed by atoms with van der Waals surface area (Å²) in [7, 11) is 1.33. The highest BCUT2D eigenvalue weighted by atomic mass is 19.1. The Morgan fingerprint density at radius 2 is 1.95 bits per heavy atom. The van der Waals surface area contributed by atoms with Gasteiger partial charge < -0.3 is 14.8 Å². The number of benzene rings is 1. The summed E-state index contributed by atoms with van der Waals surface area (Å²) in [6.07, 6.45) is 0. The Bertz CT molecular complexity index is 516. The lowest BCUT2D eigenvalue weighted by Crippen LogP contribution is -2.38. The Balaban J connectivity index is 2.54. The van der Waals surface area contributed by atoms with Crippen LogP contribution in [0.1, 0.15) is 31.1 Å². The van der Waals surface area contributed by atoms with Gasteiger partial charge in [0.1, 0.15) is 0 Å². The molecule has 6 heteroatoms. The van der Waals surface area contributed by atoms with Crippen LogP contribution in [0.25, 0.3) is 0 Å². The first-order valence-corrected chi connectivity index (χ1v) is 6.65. The zero-order valence-corrected chi connectivity index (χ0v) is 12.6. The number of halogens is 1. The van der Waals surface area contributed by atoms with Crippen LogP contribution in [0.4, 0.5) is 4.39 Å².